The van der Waals surface area contributed by atoms with Crippen molar-refractivity contribution in [3.63, 3.8) is 0 Å². The third-order valence-corrected chi connectivity index (χ3v) is 3.81. The van der Waals surface area contributed by atoms with E-state index in [0.717, 1.165) is 11.3 Å². The molecule has 0 atom stereocenters. The van der Waals surface area contributed by atoms with Crippen LogP contribution in [-0.4, -0.2) is 17.4 Å². The van der Waals surface area contributed by atoms with Crippen LogP contribution in [0, 0.1) is 0 Å². The standard InChI is InChI=1S/C22H21N3O2/c1-2-13-23-21-15-18(12-14-24-21)22(26)25-19-8-10-20(11-9-19)27-16-17-6-4-3-5-7-17/h2-12,14-15H,1,13,16H2,(H,23,24)(H,25,26). The predicted octanol–water partition coefficient (Wildman–Crippen LogP) is 4.51. The molecular formula is C22H21N3O2. The lowest BCUT2D eigenvalue weighted by Crippen LogP contribution is -2.12. The summed E-state index contributed by atoms with van der Waals surface area (Å²) in [6.45, 7) is 4.74. The third-order valence-electron chi connectivity index (χ3n) is 3.81. The number of carbonyl (C=O) groups excluding carboxylic acids is 1. The van der Waals surface area contributed by atoms with Gasteiger partial charge in [-0.25, -0.2) is 4.98 Å². The molecule has 0 saturated carbocycles. The number of pyridine rings is 1. The van der Waals surface area contributed by atoms with E-state index in [1.165, 1.54) is 0 Å². The molecule has 0 aliphatic heterocycles. The Hall–Kier alpha value is -3.60. The third kappa shape index (κ3) is 5.44. The zero-order valence-corrected chi connectivity index (χ0v) is 14.9. The maximum Gasteiger partial charge on any atom is 0.255 e. The van der Waals surface area contributed by atoms with Gasteiger partial charge in [-0.1, -0.05) is 36.4 Å². The number of anilines is 2. The first-order chi connectivity index (χ1) is 13.2. The predicted molar refractivity (Wildman–Crippen MR) is 108 cm³/mol. The van der Waals surface area contributed by atoms with Gasteiger partial charge >= 0.3 is 0 Å². The van der Waals surface area contributed by atoms with Crippen molar-refractivity contribution in [2.45, 2.75) is 6.61 Å². The van der Waals surface area contributed by atoms with Crippen LogP contribution in [0.15, 0.2) is 85.6 Å². The summed E-state index contributed by atoms with van der Waals surface area (Å²) in [5, 5.41) is 5.94. The molecule has 27 heavy (non-hydrogen) atoms. The number of rotatable bonds is 8. The van der Waals surface area contributed by atoms with Gasteiger partial charge in [-0.3, -0.25) is 4.79 Å². The highest BCUT2D eigenvalue weighted by molar-refractivity contribution is 6.04. The Morgan fingerprint density at radius 2 is 1.85 bits per heavy atom. The lowest BCUT2D eigenvalue weighted by Gasteiger charge is -2.09. The van der Waals surface area contributed by atoms with E-state index in [0.29, 0.717) is 30.2 Å². The Bertz CT molecular complexity index is 893. The van der Waals surface area contributed by atoms with E-state index in [1.807, 2.05) is 54.6 Å². The molecule has 1 amide bonds. The van der Waals surface area contributed by atoms with E-state index in [9.17, 15) is 4.79 Å². The second-order valence-corrected chi connectivity index (χ2v) is 5.85. The lowest BCUT2D eigenvalue weighted by atomic mass is 10.2. The maximum atomic E-state index is 12.4. The number of amides is 1. The summed E-state index contributed by atoms with van der Waals surface area (Å²) in [6.07, 6.45) is 3.33. The molecule has 0 fully saturated rings. The average Bonchev–Trinajstić information content (AvgIpc) is 2.72. The molecular weight excluding hydrogens is 338 g/mol. The molecule has 0 aliphatic carbocycles. The number of aromatic nitrogens is 1. The second kappa shape index (κ2) is 9.20. The number of nitrogens with zero attached hydrogens (tertiary/aromatic N) is 1. The van der Waals surface area contributed by atoms with Gasteiger partial charge in [-0.05, 0) is 42.0 Å². The normalized spacial score (nSPS) is 10.1. The summed E-state index contributed by atoms with van der Waals surface area (Å²) in [4.78, 5) is 16.6. The number of hydrogen-bond acceptors (Lipinski definition) is 4. The molecule has 0 bridgehead atoms. The zero-order valence-electron chi connectivity index (χ0n) is 14.9. The van der Waals surface area contributed by atoms with Crippen LogP contribution in [0.4, 0.5) is 11.5 Å². The van der Waals surface area contributed by atoms with Crippen LogP contribution < -0.4 is 15.4 Å². The minimum atomic E-state index is -0.197. The van der Waals surface area contributed by atoms with E-state index in [4.69, 9.17) is 4.74 Å². The Morgan fingerprint density at radius 3 is 2.59 bits per heavy atom. The van der Waals surface area contributed by atoms with Crippen LogP contribution >= 0.6 is 0 Å². The van der Waals surface area contributed by atoms with E-state index in [-0.39, 0.29) is 5.91 Å². The Morgan fingerprint density at radius 1 is 1.07 bits per heavy atom. The number of nitrogens with one attached hydrogen (secondary N) is 2. The van der Waals surface area contributed by atoms with Gasteiger partial charge in [-0.2, -0.15) is 0 Å². The summed E-state index contributed by atoms with van der Waals surface area (Å²) in [6, 6.07) is 20.6. The smallest absolute Gasteiger partial charge is 0.255 e. The highest BCUT2D eigenvalue weighted by Crippen LogP contribution is 2.18. The molecule has 3 rings (SSSR count). The highest BCUT2D eigenvalue weighted by Gasteiger charge is 2.07. The molecule has 5 nitrogen and oxygen atoms in total. The van der Waals surface area contributed by atoms with Gasteiger partial charge in [0.25, 0.3) is 5.91 Å². The van der Waals surface area contributed by atoms with Crippen molar-refractivity contribution in [3.05, 3.63) is 96.7 Å². The molecule has 2 N–H and O–H groups in total. The van der Waals surface area contributed by atoms with E-state index in [1.54, 1.807) is 24.4 Å². The second-order valence-electron chi connectivity index (χ2n) is 5.85. The minimum Gasteiger partial charge on any atom is -0.489 e. The molecule has 0 spiro atoms. The topological polar surface area (TPSA) is 63.2 Å². The summed E-state index contributed by atoms with van der Waals surface area (Å²) in [5.41, 5.74) is 2.33. The van der Waals surface area contributed by atoms with Crippen LogP contribution in [0.5, 0.6) is 5.75 Å². The number of hydrogen-bond donors (Lipinski definition) is 2. The van der Waals surface area contributed by atoms with Crippen LogP contribution in [0.25, 0.3) is 0 Å². The molecule has 0 saturated heterocycles. The summed E-state index contributed by atoms with van der Waals surface area (Å²) in [7, 11) is 0. The van der Waals surface area contributed by atoms with Crippen molar-refractivity contribution < 1.29 is 9.53 Å². The van der Waals surface area contributed by atoms with Crippen molar-refractivity contribution >= 4 is 17.4 Å². The Balaban J connectivity index is 1.57. The van der Waals surface area contributed by atoms with Gasteiger partial charge in [0.1, 0.15) is 18.2 Å². The molecule has 3 aromatic rings. The minimum absolute atomic E-state index is 0.197. The molecule has 1 heterocycles. The number of carbonyl (C=O) groups is 1. The fourth-order valence-corrected chi connectivity index (χ4v) is 2.42. The number of ether oxygens (including phenoxy) is 1. The molecule has 5 heteroatoms. The van der Waals surface area contributed by atoms with Crippen LogP contribution in [0.1, 0.15) is 15.9 Å². The molecule has 0 unspecified atom stereocenters. The monoisotopic (exact) mass is 359 g/mol. The summed E-state index contributed by atoms with van der Waals surface area (Å²) in [5.74, 6) is 1.18. The quantitative estimate of drug-likeness (QED) is 0.581. The van der Waals surface area contributed by atoms with Crippen molar-refractivity contribution in [1.29, 1.82) is 0 Å². The first kappa shape index (κ1) is 18.2. The molecule has 2 aromatic carbocycles. The Kier molecular flexibility index (Phi) is 6.20. The first-order valence-corrected chi connectivity index (χ1v) is 8.63. The summed E-state index contributed by atoms with van der Waals surface area (Å²) < 4.78 is 5.75. The highest BCUT2D eigenvalue weighted by atomic mass is 16.5. The fraction of sp³-hybridized carbons (Fsp3) is 0.0909. The van der Waals surface area contributed by atoms with Crippen molar-refractivity contribution in [2.24, 2.45) is 0 Å². The van der Waals surface area contributed by atoms with Crippen molar-refractivity contribution in [3.8, 4) is 5.75 Å². The van der Waals surface area contributed by atoms with Gasteiger partial charge in [0.05, 0.1) is 0 Å². The van der Waals surface area contributed by atoms with Crippen LogP contribution in [0.2, 0.25) is 0 Å². The van der Waals surface area contributed by atoms with Crippen LogP contribution in [-0.2, 0) is 6.61 Å². The summed E-state index contributed by atoms with van der Waals surface area (Å²) >= 11 is 0. The molecule has 1 aromatic heterocycles. The van der Waals surface area contributed by atoms with E-state index >= 15 is 0 Å². The van der Waals surface area contributed by atoms with E-state index < -0.39 is 0 Å². The molecule has 0 radical (unpaired) electrons. The Labute approximate surface area is 158 Å². The first-order valence-electron chi connectivity index (χ1n) is 8.63. The van der Waals surface area contributed by atoms with Crippen molar-refractivity contribution in [1.82, 2.24) is 4.98 Å². The lowest BCUT2D eigenvalue weighted by molar-refractivity contribution is 0.102. The largest absolute Gasteiger partial charge is 0.489 e. The molecule has 136 valence electrons. The average molecular weight is 359 g/mol. The fourth-order valence-electron chi connectivity index (χ4n) is 2.42. The van der Waals surface area contributed by atoms with Gasteiger partial charge < -0.3 is 15.4 Å². The maximum absolute atomic E-state index is 12.4. The zero-order chi connectivity index (χ0) is 18.9. The molecule has 0 aliphatic rings. The van der Waals surface area contributed by atoms with Gasteiger partial charge in [0, 0.05) is 24.0 Å². The SMILES string of the molecule is C=CCNc1cc(C(=O)Nc2ccc(OCc3ccccc3)cc2)ccn1. The van der Waals surface area contributed by atoms with E-state index in [2.05, 4.69) is 22.2 Å². The van der Waals surface area contributed by atoms with Crippen LogP contribution in [0.3, 0.4) is 0 Å². The van der Waals surface area contributed by atoms with Gasteiger partial charge in [0.2, 0.25) is 0 Å². The van der Waals surface area contributed by atoms with Crippen molar-refractivity contribution in [2.75, 3.05) is 17.2 Å². The number of benzene rings is 2. The van der Waals surface area contributed by atoms with Gasteiger partial charge in [-0.15, -0.1) is 6.58 Å². The van der Waals surface area contributed by atoms with Gasteiger partial charge in [0.15, 0.2) is 0 Å².